The molecule has 21 heavy (non-hydrogen) atoms. The molecule has 1 aromatic carbocycles. The molecule has 1 aliphatic heterocycles. The molecule has 2 rings (SSSR count). The van der Waals surface area contributed by atoms with Gasteiger partial charge >= 0.3 is 0 Å². The molecule has 6 heteroatoms. The van der Waals surface area contributed by atoms with E-state index < -0.39 is 10.0 Å². The zero-order valence-electron chi connectivity index (χ0n) is 12.1. The van der Waals surface area contributed by atoms with Crippen LogP contribution in [0, 0.1) is 18.8 Å². The van der Waals surface area contributed by atoms with Gasteiger partial charge in [0.1, 0.15) is 0 Å². The maximum absolute atomic E-state index is 12.8. The van der Waals surface area contributed by atoms with Crippen molar-refractivity contribution in [1.29, 1.82) is 0 Å². The number of rotatable bonds is 2. The summed E-state index contributed by atoms with van der Waals surface area (Å²) in [6.07, 6.45) is 0.703. The van der Waals surface area contributed by atoms with Gasteiger partial charge in [0.05, 0.1) is 18.0 Å². The molecule has 0 radical (unpaired) electrons. The summed E-state index contributed by atoms with van der Waals surface area (Å²) in [5.74, 6) is 5.59. The van der Waals surface area contributed by atoms with Crippen LogP contribution in [0.4, 0.5) is 0 Å². The number of ether oxygens (including phenoxy) is 1. The van der Waals surface area contributed by atoms with Crippen LogP contribution in [0.3, 0.4) is 0 Å². The van der Waals surface area contributed by atoms with Crippen molar-refractivity contribution in [3.63, 3.8) is 0 Å². The molecule has 0 spiro atoms. The number of nitrogens with zero attached hydrogens (tertiary/aromatic N) is 1. The highest BCUT2D eigenvalue weighted by molar-refractivity contribution is 7.89. The topological polar surface area (TPSA) is 72.6 Å². The van der Waals surface area contributed by atoms with Crippen LogP contribution in [0.5, 0.6) is 0 Å². The van der Waals surface area contributed by atoms with E-state index in [1.807, 2.05) is 6.92 Å². The molecule has 0 atom stereocenters. The predicted molar refractivity (Wildman–Crippen MR) is 81.3 cm³/mol. The SMILES string of the molecule is Cc1ccc(S(=O)(=O)N2CCCOCC2)c(C#CCN)c1. The monoisotopic (exact) mass is 308 g/mol. The van der Waals surface area contributed by atoms with Crippen LogP contribution in [-0.2, 0) is 14.8 Å². The van der Waals surface area contributed by atoms with Gasteiger partial charge in [0.25, 0.3) is 0 Å². The molecule has 0 aliphatic carbocycles. The number of hydrogen-bond donors (Lipinski definition) is 1. The quantitative estimate of drug-likeness (QED) is 0.817. The minimum atomic E-state index is -3.55. The lowest BCUT2D eigenvalue weighted by molar-refractivity contribution is 0.148. The van der Waals surface area contributed by atoms with Crippen LogP contribution >= 0.6 is 0 Å². The van der Waals surface area contributed by atoms with E-state index in [1.165, 1.54) is 4.31 Å². The molecule has 1 fully saturated rings. The Kier molecular flexibility index (Phi) is 5.37. The molecule has 0 saturated carbocycles. The molecule has 0 unspecified atom stereocenters. The summed E-state index contributed by atoms with van der Waals surface area (Å²) in [4.78, 5) is 0.246. The summed E-state index contributed by atoms with van der Waals surface area (Å²) in [6.45, 7) is 3.98. The summed E-state index contributed by atoms with van der Waals surface area (Å²) in [6, 6.07) is 5.19. The van der Waals surface area contributed by atoms with Gasteiger partial charge in [0, 0.05) is 25.3 Å². The lowest BCUT2D eigenvalue weighted by Gasteiger charge is -2.20. The van der Waals surface area contributed by atoms with Gasteiger partial charge in [-0.15, -0.1) is 0 Å². The van der Waals surface area contributed by atoms with E-state index in [9.17, 15) is 8.42 Å². The van der Waals surface area contributed by atoms with Crippen molar-refractivity contribution in [2.75, 3.05) is 32.8 Å². The fraction of sp³-hybridized carbons (Fsp3) is 0.467. The van der Waals surface area contributed by atoms with Crippen molar-refractivity contribution in [3.05, 3.63) is 29.3 Å². The van der Waals surface area contributed by atoms with E-state index in [2.05, 4.69) is 11.8 Å². The van der Waals surface area contributed by atoms with Crippen molar-refractivity contribution in [2.45, 2.75) is 18.2 Å². The zero-order chi connectivity index (χ0) is 15.3. The lowest BCUT2D eigenvalue weighted by Crippen LogP contribution is -2.33. The van der Waals surface area contributed by atoms with E-state index in [1.54, 1.807) is 18.2 Å². The van der Waals surface area contributed by atoms with E-state index >= 15 is 0 Å². The second kappa shape index (κ2) is 7.05. The Bertz CT molecular complexity index is 651. The van der Waals surface area contributed by atoms with Gasteiger partial charge in [0.2, 0.25) is 10.0 Å². The molecular formula is C15H20N2O3S. The fourth-order valence-electron chi connectivity index (χ4n) is 2.22. The fourth-order valence-corrected chi connectivity index (χ4v) is 3.81. The number of benzene rings is 1. The van der Waals surface area contributed by atoms with Gasteiger partial charge in [-0.3, -0.25) is 0 Å². The van der Waals surface area contributed by atoms with E-state index in [0.29, 0.717) is 38.3 Å². The van der Waals surface area contributed by atoms with E-state index in [-0.39, 0.29) is 11.4 Å². The summed E-state index contributed by atoms with van der Waals surface area (Å²) in [5, 5.41) is 0. The highest BCUT2D eigenvalue weighted by Crippen LogP contribution is 2.22. The highest BCUT2D eigenvalue weighted by Gasteiger charge is 2.27. The van der Waals surface area contributed by atoms with Crippen LogP contribution in [0.15, 0.2) is 23.1 Å². The molecule has 0 bridgehead atoms. The maximum Gasteiger partial charge on any atom is 0.244 e. The van der Waals surface area contributed by atoms with Crippen molar-refractivity contribution in [1.82, 2.24) is 4.31 Å². The van der Waals surface area contributed by atoms with Crippen LogP contribution < -0.4 is 5.73 Å². The van der Waals surface area contributed by atoms with Gasteiger partial charge < -0.3 is 10.5 Å². The van der Waals surface area contributed by atoms with Gasteiger partial charge in [-0.2, -0.15) is 4.31 Å². The molecule has 1 aromatic rings. The van der Waals surface area contributed by atoms with Gasteiger partial charge in [0.15, 0.2) is 0 Å². The van der Waals surface area contributed by atoms with Gasteiger partial charge in [-0.25, -0.2) is 8.42 Å². The van der Waals surface area contributed by atoms with Crippen molar-refractivity contribution < 1.29 is 13.2 Å². The minimum absolute atomic E-state index is 0.199. The summed E-state index contributed by atoms with van der Waals surface area (Å²) in [7, 11) is -3.55. The highest BCUT2D eigenvalue weighted by atomic mass is 32.2. The second-order valence-corrected chi connectivity index (χ2v) is 6.78. The minimum Gasteiger partial charge on any atom is -0.380 e. The van der Waals surface area contributed by atoms with E-state index in [4.69, 9.17) is 10.5 Å². The van der Waals surface area contributed by atoms with Crippen LogP contribution in [0.25, 0.3) is 0 Å². The first-order valence-electron chi connectivity index (χ1n) is 6.93. The van der Waals surface area contributed by atoms with Crippen LogP contribution in [0.2, 0.25) is 0 Å². The molecule has 2 N–H and O–H groups in total. The standard InChI is InChI=1S/C15H20N2O3S/c1-13-5-6-15(14(12-13)4-2-7-16)21(18,19)17-8-3-10-20-11-9-17/h5-6,12H,3,7-11,16H2,1H3. The number of aryl methyl sites for hydroxylation is 1. The predicted octanol–water partition coefficient (Wildman–Crippen LogP) is 0.716. The molecule has 1 heterocycles. The molecule has 0 aromatic heterocycles. The summed E-state index contributed by atoms with van der Waals surface area (Å²) in [5.41, 5.74) is 6.86. The third-order valence-electron chi connectivity index (χ3n) is 3.26. The largest absolute Gasteiger partial charge is 0.380 e. The summed E-state index contributed by atoms with van der Waals surface area (Å²) < 4.78 is 32.4. The first-order chi connectivity index (χ1) is 10.1. The molecule has 114 valence electrons. The number of nitrogens with two attached hydrogens (primary N) is 1. The van der Waals surface area contributed by atoms with Crippen LogP contribution in [0.1, 0.15) is 17.5 Å². The lowest BCUT2D eigenvalue weighted by atomic mass is 10.1. The Morgan fingerprint density at radius 3 is 2.90 bits per heavy atom. The average molecular weight is 308 g/mol. The smallest absolute Gasteiger partial charge is 0.244 e. The Labute approximate surface area is 126 Å². The summed E-state index contributed by atoms with van der Waals surface area (Å²) >= 11 is 0. The Morgan fingerprint density at radius 2 is 2.14 bits per heavy atom. The number of hydrogen-bond acceptors (Lipinski definition) is 4. The average Bonchev–Trinajstić information content (AvgIpc) is 2.74. The maximum atomic E-state index is 12.8. The third-order valence-corrected chi connectivity index (χ3v) is 5.22. The second-order valence-electron chi connectivity index (χ2n) is 4.88. The molecule has 0 amide bonds. The Hall–Kier alpha value is -1.39. The van der Waals surface area contributed by atoms with E-state index in [0.717, 1.165) is 5.56 Å². The van der Waals surface area contributed by atoms with Crippen molar-refractivity contribution in [2.24, 2.45) is 5.73 Å². The van der Waals surface area contributed by atoms with Crippen molar-refractivity contribution in [3.8, 4) is 11.8 Å². The van der Waals surface area contributed by atoms with Crippen molar-refractivity contribution >= 4 is 10.0 Å². The normalized spacial score (nSPS) is 16.9. The van der Waals surface area contributed by atoms with Gasteiger partial charge in [-0.05, 0) is 31.0 Å². The molecule has 5 nitrogen and oxygen atoms in total. The molecule has 1 saturated heterocycles. The third kappa shape index (κ3) is 3.83. The number of sulfonamides is 1. The Morgan fingerprint density at radius 1 is 1.33 bits per heavy atom. The van der Waals surface area contributed by atoms with Gasteiger partial charge in [-0.1, -0.05) is 17.9 Å². The first kappa shape index (κ1) is 16.0. The first-order valence-corrected chi connectivity index (χ1v) is 8.37. The zero-order valence-corrected chi connectivity index (χ0v) is 12.9. The Balaban J connectivity index is 2.43. The molecular weight excluding hydrogens is 288 g/mol. The van der Waals surface area contributed by atoms with Crippen LogP contribution in [-0.4, -0.2) is 45.6 Å². The molecule has 1 aliphatic rings.